The van der Waals surface area contributed by atoms with Gasteiger partial charge in [0.1, 0.15) is 0 Å². The van der Waals surface area contributed by atoms with E-state index in [0.29, 0.717) is 0 Å². The highest BCUT2D eigenvalue weighted by Gasteiger charge is 2.23. The maximum absolute atomic E-state index is 5.75. The lowest BCUT2D eigenvalue weighted by molar-refractivity contribution is 0.331. The Morgan fingerprint density at radius 1 is 1.00 bits per heavy atom. The van der Waals surface area contributed by atoms with Crippen molar-refractivity contribution in [1.82, 2.24) is 5.43 Å². The number of hydrogen-bond donors (Lipinski definition) is 2. The van der Waals surface area contributed by atoms with Crippen molar-refractivity contribution in [2.75, 3.05) is 0 Å². The molecule has 18 heavy (non-hydrogen) atoms. The summed E-state index contributed by atoms with van der Waals surface area (Å²) in [5.41, 5.74) is 4.18. The second-order valence-corrected chi connectivity index (χ2v) is 5.36. The molecule has 0 aliphatic rings. The predicted octanol–water partition coefficient (Wildman–Crippen LogP) is 4.12. The Kier molecular flexibility index (Phi) is 6.99. The number of rotatable bonds is 9. The zero-order valence-electron chi connectivity index (χ0n) is 11.9. The molecular weight excluding hydrogens is 220 g/mol. The largest absolute Gasteiger partial charge is 0.271 e. The Labute approximate surface area is 112 Å². The van der Waals surface area contributed by atoms with Crippen LogP contribution in [-0.2, 0) is 5.54 Å². The van der Waals surface area contributed by atoms with Crippen LogP contribution in [0.4, 0.5) is 0 Å². The van der Waals surface area contributed by atoms with Crippen LogP contribution < -0.4 is 11.3 Å². The molecule has 3 N–H and O–H groups in total. The molecule has 1 aromatic rings. The van der Waals surface area contributed by atoms with Gasteiger partial charge in [-0.15, -0.1) is 0 Å². The molecule has 0 bridgehead atoms. The van der Waals surface area contributed by atoms with E-state index in [-0.39, 0.29) is 5.54 Å². The first-order chi connectivity index (χ1) is 8.73. The van der Waals surface area contributed by atoms with Crippen LogP contribution in [-0.4, -0.2) is 0 Å². The number of hydrogen-bond acceptors (Lipinski definition) is 2. The lowest BCUT2D eigenvalue weighted by atomic mass is 9.87. The van der Waals surface area contributed by atoms with Crippen molar-refractivity contribution >= 4 is 0 Å². The Morgan fingerprint density at radius 2 is 1.61 bits per heavy atom. The van der Waals surface area contributed by atoms with Crippen LogP contribution in [0.2, 0.25) is 0 Å². The summed E-state index contributed by atoms with van der Waals surface area (Å²) in [6, 6.07) is 10.5. The van der Waals surface area contributed by atoms with Crippen LogP contribution in [0.3, 0.4) is 0 Å². The lowest BCUT2D eigenvalue weighted by Crippen LogP contribution is -2.44. The predicted molar refractivity (Wildman–Crippen MR) is 79.1 cm³/mol. The summed E-state index contributed by atoms with van der Waals surface area (Å²) in [6.07, 6.45) is 9.04. The molecule has 0 saturated heterocycles. The van der Waals surface area contributed by atoms with E-state index in [9.17, 15) is 0 Å². The van der Waals surface area contributed by atoms with Gasteiger partial charge in [-0.1, -0.05) is 75.8 Å². The van der Waals surface area contributed by atoms with Crippen molar-refractivity contribution < 1.29 is 0 Å². The van der Waals surface area contributed by atoms with Crippen molar-refractivity contribution in [1.29, 1.82) is 0 Å². The lowest BCUT2D eigenvalue weighted by Gasteiger charge is -2.29. The molecule has 0 aromatic heterocycles. The molecule has 0 aliphatic carbocycles. The van der Waals surface area contributed by atoms with Crippen molar-refractivity contribution in [2.45, 2.75) is 64.3 Å². The standard InChI is InChI=1S/C16H28N2/c1-3-4-5-6-7-11-14-16(2,18-17)15-12-9-8-10-13-15/h8-10,12-13,18H,3-7,11,14,17H2,1-2H3. The van der Waals surface area contributed by atoms with E-state index in [4.69, 9.17) is 5.84 Å². The normalized spacial score (nSPS) is 14.4. The number of hydrazine groups is 1. The third-order valence-electron chi connectivity index (χ3n) is 3.76. The molecule has 0 fully saturated rings. The average Bonchev–Trinajstić information content (AvgIpc) is 2.43. The fourth-order valence-electron chi connectivity index (χ4n) is 2.36. The monoisotopic (exact) mass is 248 g/mol. The third-order valence-corrected chi connectivity index (χ3v) is 3.76. The molecule has 1 aromatic carbocycles. The number of nitrogens with two attached hydrogens (primary N) is 1. The van der Waals surface area contributed by atoms with Gasteiger partial charge >= 0.3 is 0 Å². The summed E-state index contributed by atoms with van der Waals surface area (Å²) in [5.74, 6) is 5.75. The molecule has 0 radical (unpaired) electrons. The highest BCUT2D eigenvalue weighted by Crippen LogP contribution is 2.26. The van der Waals surface area contributed by atoms with Gasteiger partial charge in [-0.2, -0.15) is 0 Å². The molecule has 0 aliphatic heterocycles. The van der Waals surface area contributed by atoms with Crippen molar-refractivity contribution in [3.8, 4) is 0 Å². The fourth-order valence-corrected chi connectivity index (χ4v) is 2.36. The van der Waals surface area contributed by atoms with Crippen molar-refractivity contribution in [3.63, 3.8) is 0 Å². The fraction of sp³-hybridized carbons (Fsp3) is 0.625. The number of benzene rings is 1. The van der Waals surface area contributed by atoms with Gasteiger partial charge in [-0.25, -0.2) is 0 Å². The van der Waals surface area contributed by atoms with Crippen LogP contribution in [0.25, 0.3) is 0 Å². The smallest absolute Gasteiger partial charge is 0.0541 e. The maximum atomic E-state index is 5.75. The van der Waals surface area contributed by atoms with Gasteiger partial charge in [-0.3, -0.25) is 11.3 Å². The van der Waals surface area contributed by atoms with E-state index < -0.39 is 0 Å². The molecule has 102 valence electrons. The average molecular weight is 248 g/mol. The number of unbranched alkanes of at least 4 members (excludes halogenated alkanes) is 5. The first kappa shape index (κ1) is 15.2. The van der Waals surface area contributed by atoms with E-state index in [0.717, 1.165) is 6.42 Å². The van der Waals surface area contributed by atoms with Crippen molar-refractivity contribution in [2.24, 2.45) is 5.84 Å². The van der Waals surface area contributed by atoms with Crippen molar-refractivity contribution in [3.05, 3.63) is 35.9 Å². The zero-order chi connectivity index (χ0) is 13.3. The van der Waals surface area contributed by atoms with Gasteiger partial charge < -0.3 is 0 Å². The maximum Gasteiger partial charge on any atom is 0.0541 e. The van der Waals surface area contributed by atoms with Gasteiger partial charge in [0.15, 0.2) is 0 Å². The molecule has 2 heteroatoms. The second kappa shape index (κ2) is 8.28. The minimum absolute atomic E-state index is 0.0913. The summed E-state index contributed by atoms with van der Waals surface area (Å²) < 4.78 is 0. The van der Waals surface area contributed by atoms with Gasteiger partial charge in [0.05, 0.1) is 5.54 Å². The molecule has 2 nitrogen and oxygen atoms in total. The Balaban J connectivity index is 2.37. The van der Waals surface area contributed by atoms with Gasteiger partial charge in [0, 0.05) is 0 Å². The minimum Gasteiger partial charge on any atom is -0.271 e. The Bertz CT molecular complexity index is 310. The summed E-state index contributed by atoms with van der Waals surface area (Å²) in [4.78, 5) is 0. The summed E-state index contributed by atoms with van der Waals surface area (Å²) in [5, 5.41) is 0. The van der Waals surface area contributed by atoms with Gasteiger partial charge in [0.2, 0.25) is 0 Å². The number of nitrogens with one attached hydrogen (secondary N) is 1. The first-order valence-corrected chi connectivity index (χ1v) is 7.26. The Morgan fingerprint density at radius 3 is 2.22 bits per heavy atom. The highest BCUT2D eigenvalue weighted by atomic mass is 15.3. The molecule has 0 amide bonds. The third kappa shape index (κ3) is 4.79. The summed E-state index contributed by atoms with van der Waals surface area (Å²) in [7, 11) is 0. The van der Waals surface area contributed by atoms with E-state index in [1.165, 1.54) is 44.1 Å². The molecule has 0 saturated carbocycles. The molecule has 1 unspecified atom stereocenters. The molecule has 0 heterocycles. The summed E-state index contributed by atoms with van der Waals surface area (Å²) in [6.45, 7) is 4.44. The van der Waals surface area contributed by atoms with Crippen LogP contribution in [0.1, 0.15) is 64.4 Å². The second-order valence-electron chi connectivity index (χ2n) is 5.36. The van der Waals surface area contributed by atoms with E-state index in [2.05, 4.69) is 43.5 Å². The van der Waals surface area contributed by atoms with Gasteiger partial charge in [0.25, 0.3) is 0 Å². The van der Waals surface area contributed by atoms with E-state index in [1.807, 2.05) is 6.07 Å². The minimum atomic E-state index is -0.0913. The SMILES string of the molecule is CCCCCCCCC(C)(NN)c1ccccc1. The van der Waals surface area contributed by atoms with E-state index in [1.54, 1.807) is 0 Å². The molecule has 0 spiro atoms. The van der Waals surface area contributed by atoms with Crippen LogP contribution in [0.15, 0.2) is 30.3 Å². The van der Waals surface area contributed by atoms with E-state index >= 15 is 0 Å². The Hall–Kier alpha value is -0.860. The van der Waals surface area contributed by atoms with Gasteiger partial charge in [-0.05, 0) is 18.9 Å². The zero-order valence-corrected chi connectivity index (χ0v) is 11.9. The van der Waals surface area contributed by atoms with Crippen LogP contribution in [0, 0.1) is 0 Å². The van der Waals surface area contributed by atoms with Crippen LogP contribution >= 0.6 is 0 Å². The first-order valence-electron chi connectivity index (χ1n) is 7.26. The molecule has 1 rings (SSSR count). The quantitative estimate of drug-likeness (QED) is 0.392. The molecule has 1 atom stereocenters. The molecular formula is C16H28N2. The topological polar surface area (TPSA) is 38.0 Å². The highest BCUT2D eigenvalue weighted by molar-refractivity contribution is 5.23. The van der Waals surface area contributed by atoms with Crippen LogP contribution in [0.5, 0.6) is 0 Å². The summed E-state index contributed by atoms with van der Waals surface area (Å²) >= 11 is 0.